The Kier molecular flexibility index (Phi) is 6.01. The number of anilines is 1. The number of aryl methyl sites for hydroxylation is 2. The molecule has 0 atom stereocenters. The maximum Gasteiger partial charge on any atom is 0.344 e. The van der Waals surface area contributed by atoms with Crippen LogP contribution in [0.2, 0.25) is 0 Å². The van der Waals surface area contributed by atoms with E-state index in [1.165, 1.54) is 0 Å². The number of carbonyl (C=O) groups is 2. The summed E-state index contributed by atoms with van der Waals surface area (Å²) in [6.07, 6.45) is 0. The Morgan fingerprint density at radius 1 is 1.04 bits per heavy atom. The van der Waals surface area contributed by atoms with E-state index in [1.807, 2.05) is 50.2 Å². The van der Waals surface area contributed by atoms with Crippen LogP contribution in [0.5, 0.6) is 5.75 Å². The predicted octanol–water partition coefficient (Wildman–Crippen LogP) is 2.91. The lowest BCUT2D eigenvalue weighted by molar-refractivity contribution is -0.149. The van der Waals surface area contributed by atoms with Crippen LogP contribution in [0.1, 0.15) is 11.1 Å². The monoisotopic (exact) mass is 381 g/mol. The van der Waals surface area contributed by atoms with Crippen LogP contribution in [0, 0.1) is 13.8 Å². The van der Waals surface area contributed by atoms with Crippen LogP contribution < -0.4 is 10.1 Å². The summed E-state index contributed by atoms with van der Waals surface area (Å²) in [6, 6.07) is 14.7. The number of aromatic nitrogens is 2. The molecule has 0 bridgehead atoms. The van der Waals surface area contributed by atoms with Gasteiger partial charge in [-0.15, -0.1) is 5.10 Å². The summed E-state index contributed by atoms with van der Waals surface area (Å²) in [5, 5.41) is 9.97. The smallest absolute Gasteiger partial charge is 0.344 e. The van der Waals surface area contributed by atoms with Gasteiger partial charge in [0.2, 0.25) is 5.89 Å². The van der Waals surface area contributed by atoms with Crippen LogP contribution in [0.4, 0.5) is 6.01 Å². The number of esters is 1. The average Bonchev–Trinajstić information content (AvgIpc) is 3.16. The van der Waals surface area contributed by atoms with E-state index in [1.54, 1.807) is 12.1 Å². The molecule has 0 unspecified atom stereocenters. The van der Waals surface area contributed by atoms with E-state index in [-0.39, 0.29) is 18.5 Å². The lowest BCUT2D eigenvalue weighted by Gasteiger charge is -2.09. The molecule has 1 heterocycles. The van der Waals surface area contributed by atoms with Crippen molar-refractivity contribution < 1.29 is 23.5 Å². The maximum atomic E-state index is 11.9. The first-order valence-electron chi connectivity index (χ1n) is 8.56. The minimum Gasteiger partial charge on any atom is -0.482 e. The molecule has 0 fully saturated rings. The molecule has 2 aromatic carbocycles. The molecule has 0 aliphatic carbocycles. The highest BCUT2D eigenvalue weighted by Gasteiger charge is 2.13. The van der Waals surface area contributed by atoms with Gasteiger partial charge in [-0.25, -0.2) is 4.79 Å². The number of amides is 1. The van der Waals surface area contributed by atoms with Gasteiger partial charge in [-0.05, 0) is 43.2 Å². The Bertz CT molecular complexity index is 969. The van der Waals surface area contributed by atoms with Crippen LogP contribution >= 0.6 is 0 Å². The van der Waals surface area contributed by atoms with E-state index < -0.39 is 18.5 Å². The topological polar surface area (TPSA) is 104 Å². The number of hydrogen-bond acceptors (Lipinski definition) is 7. The number of rotatable bonds is 7. The minimum absolute atomic E-state index is 0.0773. The molecule has 3 rings (SSSR count). The molecular weight excluding hydrogens is 362 g/mol. The normalized spacial score (nSPS) is 10.4. The standard InChI is InChI=1S/C20H19N3O5/c1-13-8-9-14(2)16(10-13)26-12-18(25)27-11-17(24)21-20-23-22-19(28-20)15-6-4-3-5-7-15/h3-10H,11-12H2,1-2H3,(H,21,23,24). The molecule has 0 spiro atoms. The zero-order chi connectivity index (χ0) is 19.9. The van der Waals surface area contributed by atoms with Crippen molar-refractivity contribution in [1.82, 2.24) is 10.2 Å². The fourth-order valence-electron chi connectivity index (χ4n) is 2.31. The van der Waals surface area contributed by atoms with Gasteiger partial charge in [0.05, 0.1) is 0 Å². The Morgan fingerprint density at radius 3 is 2.61 bits per heavy atom. The fraction of sp³-hybridized carbons (Fsp3) is 0.200. The predicted molar refractivity (Wildman–Crippen MR) is 101 cm³/mol. The molecule has 8 nitrogen and oxygen atoms in total. The van der Waals surface area contributed by atoms with Crippen molar-refractivity contribution in [3.8, 4) is 17.2 Å². The molecule has 0 aliphatic heterocycles. The van der Waals surface area contributed by atoms with Gasteiger partial charge < -0.3 is 13.9 Å². The second-order valence-corrected chi connectivity index (χ2v) is 6.04. The summed E-state index contributed by atoms with van der Waals surface area (Å²) in [4.78, 5) is 23.7. The Balaban J connectivity index is 1.45. The summed E-state index contributed by atoms with van der Waals surface area (Å²) in [5.74, 6) is -0.384. The maximum absolute atomic E-state index is 11.9. The first kappa shape index (κ1) is 19.1. The van der Waals surface area contributed by atoms with Gasteiger partial charge >= 0.3 is 12.0 Å². The zero-order valence-corrected chi connectivity index (χ0v) is 15.5. The van der Waals surface area contributed by atoms with Gasteiger partial charge in [-0.2, -0.15) is 0 Å². The molecule has 0 saturated carbocycles. The lowest BCUT2D eigenvalue weighted by atomic mass is 10.1. The molecule has 3 aromatic rings. The van der Waals surface area contributed by atoms with Gasteiger partial charge in [0, 0.05) is 5.56 Å². The van der Waals surface area contributed by atoms with Gasteiger partial charge in [-0.3, -0.25) is 10.1 Å². The van der Waals surface area contributed by atoms with Gasteiger partial charge in [0.25, 0.3) is 5.91 Å². The van der Waals surface area contributed by atoms with E-state index in [2.05, 4.69) is 15.5 Å². The molecule has 0 saturated heterocycles. The molecule has 1 amide bonds. The lowest BCUT2D eigenvalue weighted by Crippen LogP contribution is -2.23. The van der Waals surface area contributed by atoms with Crippen LogP contribution in [0.3, 0.4) is 0 Å². The van der Waals surface area contributed by atoms with Crippen molar-refractivity contribution in [2.24, 2.45) is 0 Å². The molecule has 1 N–H and O–H groups in total. The van der Waals surface area contributed by atoms with Crippen LogP contribution in [0.25, 0.3) is 11.5 Å². The third-order valence-corrected chi connectivity index (χ3v) is 3.75. The number of hydrogen-bond donors (Lipinski definition) is 1. The number of carbonyl (C=O) groups excluding carboxylic acids is 2. The number of benzene rings is 2. The fourth-order valence-corrected chi connectivity index (χ4v) is 2.31. The highest BCUT2D eigenvalue weighted by atomic mass is 16.6. The van der Waals surface area contributed by atoms with Crippen LogP contribution in [0.15, 0.2) is 52.9 Å². The number of nitrogens with one attached hydrogen (secondary N) is 1. The first-order chi connectivity index (χ1) is 13.5. The van der Waals surface area contributed by atoms with Crippen LogP contribution in [-0.2, 0) is 14.3 Å². The van der Waals surface area contributed by atoms with Crippen molar-refractivity contribution >= 4 is 17.9 Å². The SMILES string of the molecule is Cc1ccc(C)c(OCC(=O)OCC(=O)Nc2nnc(-c3ccccc3)o2)c1. The first-order valence-corrected chi connectivity index (χ1v) is 8.56. The summed E-state index contributed by atoms with van der Waals surface area (Å²) < 4.78 is 15.7. The third kappa shape index (κ3) is 5.16. The van der Waals surface area contributed by atoms with Gasteiger partial charge in [-0.1, -0.05) is 35.4 Å². The molecule has 0 aliphatic rings. The summed E-state index contributed by atoms with van der Waals surface area (Å²) in [7, 11) is 0. The molecular formula is C20H19N3O5. The zero-order valence-electron chi connectivity index (χ0n) is 15.5. The highest BCUT2D eigenvalue weighted by molar-refractivity contribution is 5.91. The number of ether oxygens (including phenoxy) is 2. The minimum atomic E-state index is -0.661. The van der Waals surface area contributed by atoms with E-state index in [9.17, 15) is 9.59 Å². The van der Waals surface area contributed by atoms with E-state index in [0.717, 1.165) is 16.7 Å². The Hall–Kier alpha value is -3.68. The van der Waals surface area contributed by atoms with Crippen molar-refractivity contribution in [3.63, 3.8) is 0 Å². The van der Waals surface area contributed by atoms with Gasteiger partial charge in [0.1, 0.15) is 5.75 Å². The Morgan fingerprint density at radius 2 is 1.82 bits per heavy atom. The van der Waals surface area contributed by atoms with Crippen molar-refractivity contribution in [3.05, 3.63) is 59.7 Å². The average molecular weight is 381 g/mol. The molecule has 28 heavy (non-hydrogen) atoms. The second-order valence-electron chi connectivity index (χ2n) is 6.04. The summed E-state index contributed by atoms with van der Waals surface area (Å²) in [6.45, 7) is 3.02. The summed E-state index contributed by atoms with van der Waals surface area (Å²) in [5.41, 5.74) is 2.65. The van der Waals surface area contributed by atoms with Crippen molar-refractivity contribution in [2.45, 2.75) is 13.8 Å². The van der Waals surface area contributed by atoms with Gasteiger partial charge in [0.15, 0.2) is 13.2 Å². The van der Waals surface area contributed by atoms with Crippen molar-refractivity contribution in [1.29, 1.82) is 0 Å². The molecule has 144 valence electrons. The van der Waals surface area contributed by atoms with E-state index in [4.69, 9.17) is 13.9 Å². The number of nitrogens with zero attached hydrogens (tertiary/aromatic N) is 2. The van der Waals surface area contributed by atoms with Crippen molar-refractivity contribution in [2.75, 3.05) is 18.5 Å². The van der Waals surface area contributed by atoms with E-state index in [0.29, 0.717) is 5.75 Å². The van der Waals surface area contributed by atoms with E-state index >= 15 is 0 Å². The third-order valence-electron chi connectivity index (χ3n) is 3.75. The highest BCUT2D eigenvalue weighted by Crippen LogP contribution is 2.20. The quantitative estimate of drug-likeness (QED) is 0.628. The molecule has 8 heteroatoms. The second kappa shape index (κ2) is 8.81. The molecule has 0 radical (unpaired) electrons. The molecule has 1 aromatic heterocycles. The van der Waals surface area contributed by atoms with Crippen LogP contribution in [-0.4, -0.2) is 35.3 Å². The Labute approximate surface area is 161 Å². The summed E-state index contributed by atoms with van der Waals surface area (Å²) >= 11 is 0. The largest absolute Gasteiger partial charge is 0.482 e.